The summed E-state index contributed by atoms with van der Waals surface area (Å²) in [5, 5.41) is 9.67. The molecule has 7 nitrogen and oxygen atoms in total. The van der Waals surface area contributed by atoms with Gasteiger partial charge < -0.3 is 20.7 Å². The largest absolute Gasteiger partial charge is 0.379 e. The molecule has 0 atom stereocenters. The van der Waals surface area contributed by atoms with Crippen LogP contribution >= 0.6 is 11.6 Å². The summed E-state index contributed by atoms with van der Waals surface area (Å²) in [6.45, 7) is 1.65. The highest BCUT2D eigenvalue weighted by atomic mass is 35.5. The van der Waals surface area contributed by atoms with Gasteiger partial charge in [0.25, 0.3) is 5.91 Å². The predicted octanol–water partition coefficient (Wildman–Crippen LogP) is 3.08. The summed E-state index contributed by atoms with van der Waals surface area (Å²) >= 11 is 6.11. The zero-order valence-corrected chi connectivity index (χ0v) is 18.3. The van der Waals surface area contributed by atoms with Crippen LogP contribution in [-0.2, 0) is 9.59 Å². The van der Waals surface area contributed by atoms with Crippen LogP contribution in [0.3, 0.4) is 0 Å². The zero-order valence-electron chi connectivity index (χ0n) is 17.5. The summed E-state index contributed by atoms with van der Waals surface area (Å²) in [6, 6.07) is 1.76. The smallest absolute Gasteiger partial charge is 0.255 e. The van der Waals surface area contributed by atoms with Crippen molar-refractivity contribution in [3.05, 3.63) is 23.0 Å². The minimum Gasteiger partial charge on any atom is -0.379 e. The van der Waals surface area contributed by atoms with Gasteiger partial charge in [-0.15, -0.1) is 0 Å². The first-order valence-corrected chi connectivity index (χ1v) is 11.1. The first-order valence-electron chi connectivity index (χ1n) is 10.7. The van der Waals surface area contributed by atoms with E-state index in [1.54, 1.807) is 20.0 Å². The van der Waals surface area contributed by atoms with Gasteiger partial charge in [-0.05, 0) is 63.4 Å². The molecule has 3 N–H and O–H groups in total. The third-order valence-electron chi connectivity index (χ3n) is 6.96. The van der Waals surface area contributed by atoms with Gasteiger partial charge in [-0.3, -0.25) is 9.59 Å². The molecule has 30 heavy (non-hydrogen) atoms. The molecule has 162 valence electrons. The molecule has 1 aromatic rings. The summed E-state index contributed by atoms with van der Waals surface area (Å²) < 4.78 is 0. The van der Waals surface area contributed by atoms with Crippen LogP contribution in [0.2, 0.25) is 5.15 Å². The van der Waals surface area contributed by atoms with E-state index in [0.717, 1.165) is 44.9 Å². The molecule has 0 spiro atoms. The van der Waals surface area contributed by atoms with Crippen molar-refractivity contribution < 1.29 is 14.4 Å². The summed E-state index contributed by atoms with van der Waals surface area (Å²) in [5.41, 5.74) is 1.29. The Hall–Kier alpha value is -2.15. The third-order valence-corrected chi connectivity index (χ3v) is 7.17. The maximum Gasteiger partial charge on any atom is 0.255 e. The van der Waals surface area contributed by atoms with E-state index in [9.17, 15) is 14.4 Å². The van der Waals surface area contributed by atoms with Gasteiger partial charge in [0.05, 0.1) is 11.3 Å². The molecule has 4 aliphatic carbocycles. The van der Waals surface area contributed by atoms with Crippen LogP contribution in [0.4, 0.5) is 5.69 Å². The molecule has 2 bridgehead atoms. The molecule has 2 amide bonds. The van der Waals surface area contributed by atoms with Gasteiger partial charge in [0.15, 0.2) is 0 Å². The van der Waals surface area contributed by atoms with Crippen LogP contribution < -0.4 is 16.0 Å². The van der Waals surface area contributed by atoms with Crippen LogP contribution in [0.15, 0.2) is 12.3 Å². The van der Waals surface area contributed by atoms with E-state index in [4.69, 9.17) is 11.6 Å². The molecule has 0 unspecified atom stereocenters. The summed E-state index contributed by atoms with van der Waals surface area (Å²) in [6.07, 6.45) is 8.12. The SMILES string of the molecule is CNC(=O)C1CCC(NC(=O)c2cnc(Cl)cc2NC23CC(CC(C)=O)(C2)C3)CC1. The van der Waals surface area contributed by atoms with Gasteiger partial charge in [0.1, 0.15) is 10.9 Å². The van der Waals surface area contributed by atoms with Crippen LogP contribution in [0.25, 0.3) is 0 Å². The summed E-state index contributed by atoms with van der Waals surface area (Å²) in [5.74, 6) is 0.176. The molecule has 1 aromatic heterocycles. The van der Waals surface area contributed by atoms with E-state index < -0.39 is 0 Å². The standard InChI is InChI=1S/C22H29ClN4O3/c1-13(28)8-21-10-22(11-21,12-21)27-17-7-18(23)25-9-16(17)20(30)26-15-5-3-14(4-6-15)19(29)24-2/h7,9,14-15H,3-6,8,10-12H2,1-2H3,(H,24,29)(H,25,27)(H,26,30). The number of carbonyl (C=O) groups is 3. The first kappa shape index (κ1) is 21.1. The molecular formula is C22H29ClN4O3. The van der Waals surface area contributed by atoms with Gasteiger partial charge in [0, 0.05) is 37.2 Å². The van der Waals surface area contributed by atoms with Gasteiger partial charge in [-0.2, -0.15) is 0 Å². The number of hydrogen-bond donors (Lipinski definition) is 3. The lowest BCUT2D eigenvalue weighted by Gasteiger charge is -2.71. The van der Waals surface area contributed by atoms with Crippen molar-refractivity contribution in [3.8, 4) is 0 Å². The van der Waals surface area contributed by atoms with Crippen molar-refractivity contribution in [1.29, 1.82) is 0 Å². The van der Waals surface area contributed by atoms with Crippen LogP contribution in [0, 0.1) is 11.3 Å². The number of ketones is 1. The molecule has 5 rings (SSSR count). The Bertz CT molecular complexity index is 859. The van der Waals surface area contributed by atoms with Crippen molar-refractivity contribution in [2.45, 2.75) is 69.9 Å². The Morgan fingerprint density at radius 3 is 2.43 bits per heavy atom. The Morgan fingerprint density at radius 1 is 1.17 bits per heavy atom. The van der Waals surface area contributed by atoms with Crippen LogP contribution in [-0.4, -0.2) is 41.2 Å². The van der Waals surface area contributed by atoms with Gasteiger partial charge in [-0.1, -0.05) is 11.6 Å². The Labute approximate surface area is 181 Å². The number of amides is 2. The number of anilines is 1. The molecule has 0 saturated heterocycles. The van der Waals surface area contributed by atoms with Crippen molar-refractivity contribution in [3.63, 3.8) is 0 Å². The summed E-state index contributed by atoms with van der Waals surface area (Å²) in [7, 11) is 1.66. The van der Waals surface area contributed by atoms with Gasteiger partial charge in [-0.25, -0.2) is 4.98 Å². The molecule has 4 fully saturated rings. The normalized spacial score (nSPS) is 31.7. The van der Waals surface area contributed by atoms with E-state index >= 15 is 0 Å². The second-order valence-corrected chi connectivity index (χ2v) is 9.89. The lowest BCUT2D eigenvalue weighted by atomic mass is 9.38. The Morgan fingerprint density at radius 2 is 1.83 bits per heavy atom. The Balaban J connectivity index is 1.38. The predicted molar refractivity (Wildman–Crippen MR) is 114 cm³/mol. The number of Topliss-reactive ketones (excluding diaryl/α,β-unsaturated/α-hetero) is 1. The maximum absolute atomic E-state index is 13.0. The lowest BCUT2D eigenvalue weighted by molar-refractivity contribution is -0.144. The number of halogens is 1. The molecule has 4 saturated carbocycles. The molecule has 8 heteroatoms. The van der Waals surface area contributed by atoms with Crippen LogP contribution in [0.5, 0.6) is 0 Å². The fourth-order valence-corrected chi connectivity index (χ4v) is 5.97. The molecule has 0 aliphatic heterocycles. The highest BCUT2D eigenvalue weighted by Crippen LogP contribution is 2.70. The molecular weight excluding hydrogens is 404 g/mol. The average molecular weight is 433 g/mol. The number of carbonyl (C=O) groups excluding carboxylic acids is 3. The maximum atomic E-state index is 13.0. The average Bonchev–Trinajstić information content (AvgIpc) is 2.65. The Kier molecular flexibility index (Phi) is 5.51. The topological polar surface area (TPSA) is 100 Å². The monoisotopic (exact) mass is 432 g/mol. The van der Waals surface area contributed by atoms with E-state index in [-0.39, 0.29) is 40.5 Å². The fourth-order valence-electron chi connectivity index (χ4n) is 5.81. The number of nitrogens with zero attached hydrogens (tertiary/aromatic N) is 1. The first-order chi connectivity index (χ1) is 14.2. The van der Waals surface area contributed by atoms with E-state index in [0.29, 0.717) is 22.8 Å². The van der Waals surface area contributed by atoms with Crippen molar-refractivity contribution in [2.75, 3.05) is 12.4 Å². The van der Waals surface area contributed by atoms with Crippen LogP contribution in [0.1, 0.15) is 68.6 Å². The fraction of sp³-hybridized carbons (Fsp3) is 0.636. The van der Waals surface area contributed by atoms with Gasteiger partial charge >= 0.3 is 0 Å². The van der Waals surface area contributed by atoms with Crippen molar-refractivity contribution in [2.24, 2.45) is 11.3 Å². The minimum atomic E-state index is -0.171. The number of aromatic nitrogens is 1. The number of hydrogen-bond acceptors (Lipinski definition) is 5. The second-order valence-electron chi connectivity index (χ2n) is 9.50. The second kappa shape index (κ2) is 7.84. The van der Waals surface area contributed by atoms with Gasteiger partial charge in [0.2, 0.25) is 5.91 Å². The number of rotatable bonds is 7. The quantitative estimate of drug-likeness (QED) is 0.575. The van der Waals surface area contributed by atoms with E-state index in [1.807, 2.05) is 0 Å². The number of nitrogens with one attached hydrogen (secondary N) is 3. The molecule has 0 radical (unpaired) electrons. The minimum absolute atomic E-state index is 0.0316. The van der Waals surface area contributed by atoms with E-state index in [1.165, 1.54) is 6.20 Å². The zero-order chi connectivity index (χ0) is 21.5. The molecule has 1 heterocycles. The number of pyridine rings is 1. The summed E-state index contributed by atoms with van der Waals surface area (Å²) in [4.78, 5) is 40.3. The highest BCUT2D eigenvalue weighted by Gasteiger charge is 2.67. The highest BCUT2D eigenvalue weighted by molar-refractivity contribution is 6.29. The molecule has 4 aliphatic rings. The molecule has 0 aromatic carbocycles. The van der Waals surface area contributed by atoms with Crippen molar-refractivity contribution >= 4 is 34.9 Å². The lowest BCUT2D eigenvalue weighted by Crippen LogP contribution is -2.71. The van der Waals surface area contributed by atoms with Crippen molar-refractivity contribution in [1.82, 2.24) is 15.6 Å². The third kappa shape index (κ3) is 4.04. The van der Waals surface area contributed by atoms with E-state index in [2.05, 4.69) is 20.9 Å².